The van der Waals surface area contributed by atoms with Gasteiger partial charge in [-0.15, -0.1) is 0 Å². The number of piperidine rings is 1. The Balaban J connectivity index is 1.75. The van der Waals surface area contributed by atoms with Crippen molar-refractivity contribution in [2.24, 2.45) is 5.92 Å². The number of anilines is 1. The normalized spacial score (nSPS) is 15.9. The smallest absolute Gasteiger partial charge is 0.341 e. The van der Waals surface area contributed by atoms with Crippen molar-refractivity contribution in [3.05, 3.63) is 59.9 Å². The van der Waals surface area contributed by atoms with Gasteiger partial charge < -0.3 is 4.90 Å². The molecule has 0 bridgehead atoms. The van der Waals surface area contributed by atoms with Gasteiger partial charge in [-0.1, -0.05) is 12.1 Å². The standard InChI is InChI=1S/C19H18F3NO3S/c20-15-7-5-13(6-8-15)18(24)14-9-11-23(12-10-14)16-3-1-2-4-17(16)27(25,26)19(21)22/h1-8,14,19H,9-12H2. The molecule has 2 aromatic carbocycles. The zero-order valence-electron chi connectivity index (χ0n) is 14.3. The number of hydrogen-bond acceptors (Lipinski definition) is 4. The van der Waals surface area contributed by atoms with Gasteiger partial charge in [0.15, 0.2) is 5.78 Å². The number of para-hydroxylation sites is 1. The van der Waals surface area contributed by atoms with Gasteiger partial charge in [0.1, 0.15) is 5.82 Å². The molecule has 0 saturated carbocycles. The van der Waals surface area contributed by atoms with Crippen LogP contribution in [0.25, 0.3) is 0 Å². The zero-order chi connectivity index (χ0) is 19.6. The first-order chi connectivity index (χ1) is 12.8. The summed E-state index contributed by atoms with van der Waals surface area (Å²) in [7, 11) is -4.71. The van der Waals surface area contributed by atoms with E-state index in [9.17, 15) is 26.4 Å². The maximum atomic E-state index is 13.0. The van der Waals surface area contributed by atoms with Crippen molar-refractivity contribution in [2.75, 3.05) is 18.0 Å². The Hall–Kier alpha value is -2.35. The highest BCUT2D eigenvalue weighted by molar-refractivity contribution is 7.91. The van der Waals surface area contributed by atoms with Crippen LogP contribution in [0.5, 0.6) is 0 Å². The molecule has 1 heterocycles. The van der Waals surface area contributed by atoms with E-state index in [2.05, 4.69) is 0 Å². The van der Waals surface area contributed by atoms with E-state index in [-0.39, 0.29) is 17.4 Å². The van der Waals surface area contributed by atoms with Gasteiger partial charge in [-0.05, 0) is 49.2 Å². The molecule has 2 aromatic rings. The largest absolute Gasteiger partial charge is 0.370 e. The number of sulfone groups is 1. The lowest BCUT2D eigenvalue weighted by molar-refractivity contribution is 0.0900. The van der Waals surface area contributed by atoms with Crippen molar-refractivity contribution in [3.8, 4) is 0 Å². The Morgan fingerprint density at radius 1 is 1.00 bits per heavy atom. The average Bonchev–Trinajstić information content (AvgIpc) is 2.68. The van der Waals surface area contributed by atoms with E-state index in [1.807, 2.05) is 0 Å². The number of hydrogen-bond donors (Lipinski definition) is 0. The summed E-state index contributed by atoms with van der Waals surface area (Å²) in [5, 5.41) is 0. The second kappa shape index (κ2) is 7.72. The molecule has 1 fully saturated rings. The number of nitrogens with zero attached hydrogens (tertiary/aromatic N) is 1. The SMILES string of the molecule is O=C(c1ccc(F)cc1)C1CCN(c2ccccc2S(=O)(=O)C(F)F)CC1. The Morgan fingerprint density at radius 3 is 2.19 bits per heavy atom. The molecule has 0 atom stereocenters. The fraction of sp³-hybridized carbons (Fsp3) is 0.316. The van der Waals surface area contributed by atoms with E-state index in [1.165, 1.54) is 42.5 Å². The number of halogens is 3. The summed E-state index contributed by atoms with van der Waals surface area (Å²) < 4.78 is 62.7. The highest BCUT2D eigenvalue weighted by atomic mass is 32.2. The van der Waals surface area contributed by atoms with Gasteiger partial charge in [-0.25, -0.2) is 12.8 Å². The summed E-state index contributed by atoms with van der Waals surface area (Å²) in [6.45, 7) is 0.737. The lowest BCUT2D eigenvalue weighted by atomic mass is 9.88. The molecule has 1 saturated heterocycles. The topological polar surface area (TPSA) is 54.5 Å². The molecule has 1 aliphatic heterocycles. The molecule has 0 amide bonds. The van der Waals surface area contributed by atoms with Crippen LogP contribution in [0.15, 0.2) is 53.4 Å². The van der Waals surface area contributed by atoms with Gasteiger partial charge in [-0.3, -0.25) is 4.79 Å². The van der Waals surface area contributed by atoms with Crippen molar-refractivity contribution in [3.63, 3.8) is 0 Å². The van der Waals surface area contributed by atoms with Crippen LogP contribution in [-0.2, 0) is 9.84 Å². The van der Waals surface area contributed by atoms with Crippen molar-refractivity contribution in [1.29, 1.82) is 0 Å². The zero-order valence-corrected chi connectivity index (χ0v) is 15.1. The third-order valence-electron chi connectivity index (χ3n) is 4.74. The van der Waals surface area contributed by atoms with Crippen molar-refractivity contribution in [2.45, 2.75) is 23.5 Å². The van der Waals surface area contributed by atoms with Gasteiger partial charge in [-0.2, -0.15) is 8.78 Å². The molecular formula is C19H18F3NO3S. The van der Waals surface area contributed by atoms with Crippen LogP contribution in [0.3, 0.4) is 0 Å². The second-order valence-electron chi connectivity index (χ2n) is 6.41. The predicted octanol–water partition coefficient (Wildman–Crippen LogP) is 3.92. The van der Waals surface area contributed by atoms with Gasteiger partial charge >= 0.3 is 5.76 Å². The van der Waals surface area contributed by atoms with E-state index in [0.717, 1.165) is 0 Å². The van der Waals surface area contributed by atoms with Gasteiger partial charge in [0.05, 0.1) is 10.6 Å². The minimum absolute atomic E-state index is 0.0943. The third-order valence-corrected chi connectivity index (χ3v) is 6.17. The first-order valence-corrected chi connectivity index (χ1v) is 10.0. The first-order valence-electron chi connectivity index (χ1n) is 8.46. The van der Waals surface area contributed by atoms with Gasteiger partial charge in [0, 0.05) is 24.6 Å². The number of carbonyl (C=O) groups is 1. The first kappa shape index (κ1) is 19.4. The van der Waals surface area contributed by atoms with Crippen LogP contribution in [0.2, 0.25) is 0 Å². The predicted molar refractivity (Wildman–Crippen MR) is 95.3 cm³/mol. The minimum atomic E-state index is -4.71. The maximum absolute atomic E-state index is 13.0. The van der Waals surface area contributed by atoms with Crippen LogP contribution in [0, 0.1) is 11.7 Å². The van der Waals surface area contributed by atoms with Gasteiger partial charge in [0.2, 0.25) is 9.84 Å². The summed E-state index contributed by atoms with van der Waals surface area (Å²) in [5.74, 6) is -4.27. The molecule has 3 rings (SSSR count). The lowest BCUT2D eigenvalue weighted by Crippen LogP contribution is -2.37. The molecule has 0 unspecified atom stereocenters. The molecule has 4 nitrogen and oxygen atoms in total. The summed E-state index contributed by atoms with van der Waals surface area (Å²) >= 11 is 0. The highest BCUT2D eigenvalue weighted by Gasteiger charge is 2.32. The number of alkyl halides is 2. The Morgan fingerprint density at radius 2 is 1.59 bits per heavy atom. The molecule has 0 spiro atoms. The molecule has 0 aliphatic carbocycles. The Bertz CT molecular complexity index is 921. The molecule has 27 heavy (non-hydrogen) atoms. The van der Waals surface area contributed by atoms with Crippen molar-refractivity contribution in [1.82, 2.24) is 0 Å². The van der Waals surface area contributed by atoms with Crippen LogP contribution in [0.1, 0.15) is 23.2 Å². The average molecular weight is 397 g/mol. The number of carbonyl (C=O) groups excluding carboxylic acids is 1. The number of rotatable bonds is 5. The Kier molecular flexibility index (Phi) is 5.55. The van der Waals surface area contributed by atoms with E-state index < -0.39 is 26.3 Å². The molecule has 8 heteroatoms. The van der Waals surface area contributed by atoms with Crippen LogP contribution in [-0.4, -0.2) is 33.0 Å². The minimum Gasteiger partial charge on any atom is -0.370 e. The number of Topliss-reactive ketones (excluding diaryl/α,β-unsaturated/α-hetero) is 1. The van der Waals surface area contributed by atoms with Gasteiger partial charge in [0.25, 0.3) is 0 Å². The molecule has 0 N–H and O–H groups in total. The summed E-state index contributed by atoms with van der Waals surface area (Å²) in [6.07, 6.45) is 0.915. The monoisotopic (exact) mass is 397 g/mol. The summed E-state index contributed by atoms with van der Waals surface area (Å²) in [5.41, 5.74) is 0.654. The van der Waals surface area contributed by atoms with Crippen LogP contribution in [0.4, 0.5) is 18.9 Å². The lowest BCUT2D eigenvalue weighted by Gasteiger charge is -2.34. The van der Waals surface area contributed by atoms with E-state index in [1.54, 1.807) is 11.0 Å². The number of benzene rings is 2. The van der Waals surface area contributed by atoms with Crippen LogP contribution >= 0.6 is 0 Å². The fourth-order valence-electron chi connectivity index (χ4n) is 3.29. The van der Waals surface area contributed by atoms with E-state index in [0.29, 0.717) is 31.5 Å². The molecule has 0 radical (unpaired) electrons. The fourth-order valence-corrected chi connectivity index (χ4v) is 4.24. The van der Waals surface area contributed by atoms with Crippen molar-refractivity contribution >= 4 is 21.3 Å². The molecular weight excluding hydrogens is 379 g/mol. The number of ketones is 1. The highest BCUT2D eigenvalue weighted by Crippen LogP contribution is 2.32. The third kappa shape index (κ3) is 4.00. The molecule has 1 aliphatic rings. The quantitative estimate of drug-likeness (QED) is 0.718. The Labute approximate surface area is 155 Å². The van der Waals surface area contributed by atoms with E-state index >= 15 is 0 Å². The van der Waals surface area contributed by atoms with Crippen molar-refractivity contribution < 1.29 is 26.4 Å². The van der Waals surface area contributed by atoms with E-state index in [4.69, 9.17) is 0 Å². The maximum Gasteiger partial charge on any atom is 0.341 e. The second-order valence-corrected chi connectivity index (χ2v) is 8.29. The van der Waals surface area contributed by atoms with Crippen LogP contribution < -0.4 is 4.90 Å². The summed E-state index contributed by atoms with van der Waals surface area (Å²) in [6, 6.07) is 11.0. The molecule has 144 valence electrons. The molecule has 0 aromatic heterocycles. The summed E-state index contributed by atoms with van der Waals surface area (Å²) in [4.78, 5) is 13.8.